The van der Waals surface area contributed by atoms with Crippen molar-refractivity contribution < 1.29 is 9.90 Å². The second-order valence-electron chi connectivity index (χ2n) is 4.04. The molecule has 0 aliphatic carbocycles. The molecule has 1 aromatic heterocycles. The van der Waals surface area contributed by atoms with Crippen molar-refractivity contribution in [1.29, 1.82) is 0 Å². The predicted octanol–water partition coefficient (Wildman–Crippen LogP) is 2.54. The zero-order valence-corrected chi connectivity index (χ0v) is 10.2. The first-order valence-electron chi connectivity index (χ1n) is 5.94. The number of aromatic nitrogens is 2. The van der Waals surface area contributed by atoms with E-state index in [-0.39, 0.29) is 5.56 Å². The zero-order chi connectivity index (χ0) is 13.0. The van der Waals surface area contributed by atoms with Crippen molar-refractivity contribution in [2.24, 2.45) is 0 Å². The van der Waals surface area contributed by atoms with Crippen molar-refractivity contribution in [3.8, 4) is 0 Å². The van der Waals surface area contributed by atoms with Crippen LogP contribution in [-0.2, 0) is 0 Å². The third kappa shape index (κ3) is 2.56. The number of carboxylic acids is 1. The highest BCUT2D eigenvalue weighted by atomic mass is 16.4. The summed E-state index contributed by atoms with van der Waals surface area (Å²) in [6.45, 7) is 2.97. The van der Waals surface area contributed by atoms with E-state index in [1.165, 1.54) is 6.33 Å². The van der Waals surface area contributed by atoms with Crippen LogP contribution in [0.2, 0.25) is 0 Å². The number of carboxylic acid groups (broad SMARTS) is 1. The summed E-state index contributed by atoms with van der Waals surface area (Å²) >= 11 is 0. The number of nitrogens with one attached hydrogen (secondary N) is 1. The highest BCUT2D eigenvalue weighted by Crippen LogP contribution is 2.20. The van der Waals surface area contributed by atoms with Crippen molar-refractivity contribution in [2.75, 3.05) is 11.9 Å². The standard InChI is InChI=1S/C13H15N3O2/c1-2-3-6-14-12-10-5-4-9(13(17)18)7-11(10)15-8-16-12/h4-5,7-8H,2-3,6H2,1H3,(H,17,18)(H,14,15,16). The number of unbranched alkanes of at least 4 members (excludes halogenated alkanes) is 1. The van der Waals surface area contributed by atoms with Gasteiger partial charge in [-0.05, 0) is 24.6 Å². The summed E-state index contributed by atoms with van der Waals surface area (Å²) in [7, 11) is 0. The lowest BCUT2D eigenvalue weighted by Crippen LogP contribution is -2.04. The van der Waals surface area contributed by atoms with Crippen LogP contribution in [0.25, 0.3) is 10.9 Å². The molecule has 0 saturated carbocycles. The largest absolute Gasteiger partial charge is 0.478 e. The molecule has 0 atom stereocenters. The summed E-state index contributed by atoms with van der Waals surface area (Å²) in [5.74, 6) is -0.193. The van der Waals surface area contributed by atoms with E-state index in [0.717, 1.165) is 30.6 Å². The lowest BCUT2D eigenvalue weighted by molar-refractivity contribution is 0.0697. The van der Waals surface area contributed by atoms with Gasteiger partial charge in [-0.2, -0.15) is 0 Å². The first kappa shape index (κ1) is 12.3. The van der Waals surface area contributed by atoms with Crippen molar-refractivity contribution in [2.45, 2.75) is 19.8 Å². The number of hydrogen-bond donors (Lipinski definition) is 2. The van der Waals surface area contributed by atoms with Crippen LogP contribution in [0.15, 0.2) is 24.5 Å². The minimum Gasteiger partial charge on any atom is -0.478 e. The topological polar surface area (TPSA) is 75.1 Å². The number of anilines is 1. The van der Waals surface area contributed by atoms with Crippen LogP contribution in [-0.4, -0.2) is 27.6 Å². The highest BCUT2D eigenvalue weighted by Gasteiger charge is 2.07. The van der Waals surface area contributed by atoms with Gasteiger partial charge in [0.25, 0.3) is 0 Å². The van der Waals surface area contributed by atoms with Gasteiger partial charge >= 0.3 is 5.97 Å². The minimum absolute atomic E-state index is 0.237. The number of fused-ring (bicyclic) bond motifs is 1. The first-order valence-corrected chi connectivity index (χ1v) is 5.94. The first-order chi connectivity index (χ1) is 8.72. The smallest absolute Gasteiger partial charge is 0.335 e. The molecule has 1 aromatic carbocycles. The molecule has 5 nitrogen and oxygen atoms in total. The van der Waals surface area contributed by atoms with E-state index >= 15 is 0 Å². The van der Waals surface area contributed by atoms with Gasteiger partial charge in [0.15, 0.2) is 0 Å². The van der Waals surface area contributed by atoms with Crippen LogP contribution in [0.3, 0.4) is 0 Å². The summed E-state index contributed by atoms with van der Waals surface area (Å²) < 4.78 is 0. The molecule has 1 heterocycles. The average molecular weight is 245 g/mol. The fourth-order valence-corrected chi connectivity index (χ4v) is 1.71. The molecule has 0 spiro atoms. The molecule has 2 N–H and O–H groups in total. The predicted molar refractivity (Wildman–Crippen MR) is 69.9 cm³/mol. The summed E-state index contributed by atoms with van der Waals surface area (Å²) in [5, 5.41) is 13.0. The Bertz CT molecular complexity index is 569. The molecule has 5 heteroatoms. The Balaban J connectivity index is 2.34. The van der Waals surface area contributed by atoms with E-state index in [4.69, 9.17) is 5.11 Å². The highest BCUT2D eigenvalue weighted by molar-refractivity contribution is 5.96. The molecular weight excluding hydrogens is 230 g/mol. The van der Waals surface area contributed by atoms with Crippen LogP contribution in [0, 0.1) is 0 Å². The summed E-state index contributed by atoms with van der Waals surface area (Å²) in [4.78, 5) is 19.2. The number of nitrogens with zero attached hydrogens (tertiary/aromatic N) is 2. The molecule has 0 radical (unpaired) electrons. The average Bonchev–Trinajstić information content (AvgIpc) is 2.38. The van der Waals surface area contributed by atoms with Crippen LogP contribution in [0.5, 0.6) is 0 Å². The molecule has 0 fully saturated rings. The van der Waals surface area contributed by atoms with Crippen molar-refractivity contribution in [1.82, 2.24) is 9.97 Å². The second kappa shape index (κ2) is 5.44. The van der Waals surface area contributed by atoms with Gasteiger partial charge in [0.2, 0.25) is 0 Å². The molecule has 18 heavy (non-hydrogen) atoms. The second-order valence-corrected chi connectivity index (χ2v) is 4.04. The molecule has 2 aromatic rings. The maximum absolute atomic E-state index is 10.9. The molecule has 0 bridgehead atoms. The summed E-state index contributed by atoms with van der Waals surface area (Å²) in [6, 6.07) is 4.87. The van der Waals surface area contributed by atoms with Crippen molar-refractivity contribution >= 4 is 22.7 Å². The van der Waals surface area contributed by atoms with Gasteiger partial charge in [0, 0.05) is 11.9 Å². The Hall–Kier alpha value is -2.17. The molecule has 0 saturated heterocycles. The van der Waals surface area contributed by atoms with Crippen LogP contribution < -0.4 is 5.32 Å². The minimum atomic E-state index is -0.948. The summed E-state index contributed by atoms with van der Waals surface area (Å²) in [6.07, 6.45) is 3.63. The van der Waals surface area contributed by atoms with E-state index in [0.29, 0.717) is 5.52 Å². The van der Waals surface area contributed by atoms with E-state index in [2.05, 4.69) is 22.2 Å². The molecule has 94 valence electrons. The third-order valence-electron chi connectivity index (χ3n) is 2.71. The Morgan fingerprint density at radius 2 is 2.22 bits per heavy atom. The van der Waals surface area contributed by atoms with E-state index < -0.39 is 5.97 Å². The number of benzene rings is 1. The van der Waals surface area contributed by atoms with Gasteiger partial charge < -0.3 is 10.4 Å². The lowest BCUT2D eigenvalue weighted by atomic mass is 10.1. The Morgan fingerprint density at radius 3 is 2.94 bits per heavy atom. The molecular formula is C13H15N3O2. The fraction of sp³-hybridized carbons (Fsp3) is 0.308. The molecule has 2 rings (SSSR count). The van der Waals surface area contributed by atoms with Crippen molar-refractivity contribution in [3.05, 3.63) is 30.1 Å². The van der Waals surface area contributed by atoms with Gasteiger partial charge in [-0.25, -0.2) is 14.8 Å². The van der Waals surface area contributed by atoms with E-state index in [9.17, 15) is 4.79 Å². The van der Waals surface area contributed by atoms with Crippen LogP contribution >= 0.6 is 0 Å². The summed E-state index contributed by atoms with van der Waals surface area (Å²) in [5.41, 5.74) is 0.879. The fourth-order valence-electron chi connectivity index (χ4n) is 1.71. The normalized spacial score (nSPS) is 10.5. The van der Waals surface area contributed by atoms with Gasteiger partial charge in [-0.3, -0.25) is 0 Å². The molecule has 0 aliphatic rings. The lowest BCUT2D eigenvalue weighted by Gasteiger charge is -2.07. The Morgan fingerprint density at radius 1 is 1.39 bits per heavy atom. The molecule has 0 unspecified atom stereocenters. The van der Waals surface area contributed by atoms with Crippen LogP contribution in [0.1, 0.15) is 30.1 Å². The van der Waals surface area contributed by atoms with Gasteiger partial charge in [0.1, 0.15) is 12.1 Å². The van der Waals surface area contributed by atoms with Gasteiger partial charge in [-0.1, -0.05) is 13.3 Å². The maximum atomic E-state index is 10.9. The van der Waals surface area contributed by atoms with E-state index in [1.54, 1.807) is 18.2 Å². The SMILES string of the molecule is CCCCNc1ncnc2cc(C(=O)O)ccc12. The number of rotatable bonds is 5. The number of carbonyl (C=O) groups is 1. The monoisotopic (exact) mass is 245 g/mol. The third-order valence-corrected chi connectivity index (χ3v) is 2.71. The number of hydrogen-bond acceptors (Lipinski definition) is 4. The van der Waals surface area contributed by atoms with Gasteiger partial charge in [0.05, 0.1) is 11.1 Å². The van der Waals surface area contributed by atoms with Crippen LogP contribution in [0.4, 0.5) is 5.82 Å². The quantitative estimate of drug-likeness (QED) is 0.792. The maximum Gasteiger partial charge on any atom is 0.335 e. The Labute approximate surface area is 105 Å². The Kier molecular flexibility index (Phi) is 3.72. The molecule has 0 aliphatic heterocycles. The van der Waals surface area contributed by atoms with Gasteiger partial charge in [-0.15, -0.1) is 0 Å². The number of aromatic carboxylic acids is 1. The molecule has 0 amide bonds. The zero-order valence-electron chi connectivity index (χ0n) is 10.2. The van der Waals surface area contributed by atoms with E-state index in [1.807, 2.05) is 0 Å². The van der Waals surface area contributed by atoms with Crippen molar-refractivity contribution in [3.63, 3.8) is 0 Å².